The standard InChI is InChI=1S/C18H14F2N4OS/c1-2-9-24-17(12-5-7-21-8-6-12)22-23-18(24)26-11-16(25)13-3-4-14(19)15(20)10-13/h2-8,10H,1,9,11H2. The fourth-order valence-electron chi connectivity index (χ4n) is 2.29. The van der Waals surface area contributed by atoms with E-state index in [0.29, 0.717) is 17.5 Å². The van der Waals surface area contributed by atoms with Crippen molar-refractivity contribution in [3.05, 3.63) is 72.6 Å². The van der Waals surface area contributed by atoms with Crippen LogP contribution < -0.4 is 0 Å². The Balaban J connectivity index is 1.79. The first-order chi connectivity index (χ1) is 12.6. The smallest absolute Gasteiger partial charge is 0.192 e. The van der Waals surface area contributed by atoms with Crippen molar-refractivity contribution in [2.45, 2.75) is 11.7 Å². The first kappa shape index (κ1) is 17.9. The molecule has 3 aromatic rings. The van der Waals surface area contributed by atoms with Gasteiger partial charge in [-0.15, -0.1) is 16.8 Å². The zero-order valence-electron chi connectivity index (χ0n) is 13.6. The average Bonchev–Trinajstić information content (AvgIpc) is 3.06. The van der Waals surface area contributed by atoms with Gasteiger partial charge in [-0.2, -0.15) is 0 Å². The Kier molecular flexibility index (Phi) is 5.52. The van der Waals surface area contributed by atoms with Crippen LogP contribution >= 0.6 is 11.8 Å². The Bertz CT molecular complexity index is 944. The Morgan fingerprint density at radius 3 is 2.62 bits per heavy atom. The molecule has 2 aromatic heterocycles. The lowest BCUT2D eigenvalue weighted by Gasteiger charge is -2.07. The van der Waals surface area contributed by atoms with Gasteiger partial charge >= 0.3 is 0 Å². The van der Waals surface area contributed by atoms with E-state index in [9.17, 15) is 13.6 Å². The molecule has 0 saturated heterocycles. The first-order valence-corrected chi connectivity index (χ1v) is 8.64. The van der Waals surface area contributed by atoms with Gasteiger partial charge < -0.3 is 0 Å². The molecule has 0 unspecified atom stereocenters. The quantitative estimate of drug-likeness (QED) is 0.359. The van der Waals surface area contributed by atoms with E-state index in [1.807, 2.05) is 16.7 Å². The van der Waals surface area contributed by atoms with Gasteiger partial charge in [-0.25, -0.2) is 8.78 Å². The van der Waals surface area contributed by atoms with E-state index in [1.54, 1.807) is 18.5 Å². The summed E-state index contributed by atoms with van der Waals surface area (Å²) in [5.74, 6) is -1.70. The van der Waals surface area contributed by atoms with Crippen LogP contribution in [0.4, 0.5) is 8.78 Å². The third-order valence-corrected chi connectivity index (χ3v) is 4.51. The molecule has 1 aromatic carbocycles. The summed E-state index contributed by atoms with van der Waals surface area (Å²) in [4.78, 5) is 16.2. The number of pyridine rings is 1. The van der Waals surface area contributed by atoms with Crippen molar-refractivity contribution in [3.8, 4) is 11.4 Å². The van der Waals surface area contributed by atoms with Crippen LogP contribution in [0.1, 0.15) is 10.4 Å². The summed E-state index contributed by atoms with van der Waals surface area (Å²) >= 11 is 1.18. The Morgan fingerprint density at radius 1 is 1.15 bits per heavy atom. The molecule has 2 heterocycles. The van der Waals surface area contributed by atoms with Crippen molar-refractivity contribution in [1.29, 1.82) is 0 Å². The number of thioether (sulfide) groups is 1. The molecule has 5 nitrogen and oxygen atoms in total. The summed E-state index contributed by atoms with van der Waals surface area (Å²) in [6.07, 6.45) is 5.01. The monoisotopic (exact) mass is 372 g/mol. The summed E-state index contributed by atoms with van der Waals surface area (Å²) in [6.45, 7) is 4.19. The van der Waals surface area contributed by atoms with Crippen LogP contribution in [0.5, 0.6) is 0 Å². The Labute approximate surface area is 152 Å². The highest BCUT2D eigenvalue weighted by Crippen LogP contribution is 2.24. The van der Waals surface area contributed by atoms with Crippen molar-refractivity contribution >= 4 is 17.5 Å². The topological polar surface area (TPSA) is 60.7 Å². The van der Waals surface area contributed by atoms with Crippen LogP contribution in [0.15, 0.2) is 60.5 Å². The number of rotatable bonds is 7. The number of carbonyl (C=O) groups excluding carboxylic acids is 1. The van der Waals surface area contributed by atoms with E-state index in [4.69, 9.17) is 0 Å². The van der Waals surface area contributed by atoms with E-state index in [-0.39, 0.29) is 17.1 Å². The third-order valence-electron chi connectivity index (χ3n) is 3.54. The molecular formula is C18H14F2N4OS. The van der Waals surface area contributed by atoms with Gasteiger partial charge in [0.1, 0.15) is 0 Å². The minimum atomic E-state index is -1.05. The molecule has 0 saturated carbocycles. The molecule has 3 rings (SSSR count). The number of aromatic nitrogens is 4. The highest BCUT2D eigenvalue weighted by molar-refractivity contribution is 7.99. The predicted octanol–water partition coefficient (Wildman–Crippen LogP) is 3.78. The molecule has 0 fully saturated rings. The largest absolute Gasteiger partial charge is 0.298 e. The molecule has 132 valence electrons. The summed E-state index contributed by atoms with van der Waals surface area (Å²) < 4.78 is 28.1. The lowest BCUT2D eigenvalue weighted by molar-refractivity contribution is 0.102. The Morgan fingerprint density at radius 2 is 1.92 bits per heavy atom. The normalized spacial score (nSPS) is 10.7. The van der Waals surface area contributed by atoms with Crippen molar-refractivity contribution in [2.24, 2.45) is 0 Å². The molecular weight excluding hydrogens is 358 g/mol. The van der Waals surface area contributed by atoms with Crippen molar-refractivity contribution < 1.29 is 13.6 Å². The molecule has 0 spiro atoms. The fourth-order valence-corrected chi connectivity index (χ4v) is 3.13. The maximum atomic E-state index is 13.3. The summed E-state index contributed by atoms with van der Waals surface area (Å²) in [6, 6.07) is 6.72. The van der Waals surface area contributed by atoms with E-state index in [2.05, 4.69) is 21.8 Å². The summed E-state index contributed by atoms with van der Waals surface area (Å²) in [5.41, 5.74) is 0.952. The van der Waals surface area contributed by atoms with Crippen molar-refractivity contribution in [2.75, 3.05) is 5.75 Å². The lowest BCUT2D eigenvalue weighted by atomic mass is 10.1. The van der Waals surface area contributed by atoms with Gasteiger partial charge in [0.15, 0.2) is 28.4 Å². The number of allylic oxidation sites excluding steroid dienone is 1. The molecule has 0 atom stereocenters. The van der Waals surface area contributed by atoms with Gasteiger partial charge in [-0.1, -0.05) is 17.8 Å². The molecule has 26 heavy (non-hydrogen) atoms. The number of benzene rings is 1. The number of Topliss-reactive ketones (excluding diaryl/α,β-unsaturated/α-hetero) is 1. The lowest BCUT2D eigenvalue weighted by Crippen LogP contribution is -2.06. The molecule has 0 radical (unpaired) electrons. The first-order valence-electron chi connectivity index (χ1n) is 7.65. The van der Waals surface area contributed by atoms with Gasteiger partial charge in [-0.05, 0) is 30.3 Å². The minimum Gasteiger partial charge on any atom is -0.298 e. The van der Waals surface area contributed by atoms with E-state index < -0.39 is 11.6 Å². The highest BCUT2D eigenvalue weighted by atomic mass is 32.2. The maximum absolute atomic E-state index is 13.3. The van der Waals surface area contributed by atoms with Crippen molar-refractivity contribution in [3.63, 3.8) is 0 Å². The molecule has 0 aliphatic rings. The van der Waals surface area contributed by atoms with Crippen LogP contribution in [0.3, 0.4) is 0 Å². The number of nitrogens with zero attached hydrogens (tertiary/aromatic N) is 4. The second kappa shape index (κ2) is 8.01. The number of hydrogen-bond donors (Lipinski definition) is 0. The summed E-state index contributed by atoms with van der Waals surface area (Å²) in [5, 5.41) is 8.84. The molecule has 0 aliphatic carbocycles. The zero-order valence-corrected chi connectivity index (χ0v) is 14.4. The number of ketones is 1. The molecule has 0 amide bonds. The highest BCUT2D eigenvalue weighted by Gasteiger charge is 2.16. The van der Waals surface area contributed by atoms with Gasteiger partial charge in [0.2, 0.25) is 0 Å². The van der Waals surface area contributed by atoms with Crippen LogP contribution in [0, 0.1) is 11.6 Å². The Hall–Kier alpha value is -2.87. The molecule has 0 N–H and O–H groups in total. The van der Waals surface area contributed by atoms with Gasteiger partial charge in [-0.3, -0.25) is 14.3 Å². The van der Waals surface area contributed by atoms with Crippen LogP contribution in [-0.4, -0.2) is 31.3 Å². The predicted molar refractivity (Wildman–Crippen MR) is 94.9 cm³/mol. The van der Waals surface area contributed by atoms with Crippen LogP contribution in [0.2, 0.25) is 0 Å². The van der Waals surface area contributed by atoms with Gasteiger partial charge in [0, 0.05) is 30.1 Å². The molecule has 0 aliphatic heterocycles. The average molecular weight is 372 g/mol. The van der Waals surface area contributed by atoms with Gasteiger partial charge in [0.25, 0.3) is 0 Å². The van der Waals surface area contributed by atoms with E-state index >= 15 is 0 Å². The van der Waals surface area contributed by atoms with Gasteiger partial charge in [0.05, 0.1) is 5.75 Å². The maximum Gasteiger partial charge on any atom is 0.192 e. The minimum absolute atomic E-state index is 0.0245. The van der Waals surface area contributed by atoms with E-state index in [0.717, 1.165) is 17.7 Å². The third kappa shape index (κ3) is 3.85. The number of carbonyl (C=O) groups is 1. The summed E-state index contributed by atoms with van der Waals surface area (Å²) in [7, 11) is 0. The number of hydrogen-bond acceptors (Lipinski definition) is 5. The second-order valence-corrected chi connectivity index (χ2v) is 6.22. The number of halogens is 2. The van der Waals surface area contributed by atoms with E-state index in [1.165, 1.54) is 17.8 Å². The van der Waals surface area contributed by atoms with Crippen molar-refractivity contribution in [1.82, 2.24) is 19.7 Å². The molecule has 8 heteroatoms. The second-order valence-electron chi connectivity index (χ2n) is 5.28. The zero-order chi connectivity index (χ0) is 18.5. The van der Waals surface area contributed by atoms with Crippen LogP contribution in [0.25, 0.3) is 11.4 Å². The SMILES string of the molecule is C=CCn1c(SCC(=O)c2ccc(F)c(F)c2)nnc1-c1ccncc1. The molecule has 0 bridgehead atoms. The van der Waals surface area contributed by atoms with Crippen LogP contribution in [-0.2, 0) is 6.54 Å². The fraction of sp³-hybridized carbons (Fsp3) is 0.111.